The summed E-state index contributed by atoms with van der Waals surface area (Å²) in [4.78, 5) is 29.1. The van der Waals surface area contributed by atoms with Crippen LogP contribution in [0.1, 0.15) is 53.0 Å². The summed E-state index contributed by atoms with van der Waals surface area (Å²) < 4.78 is 25.0. The Morgan fingerprint density at radius 1 is 1.14 bits per heavy atom. The molecule has 1 amide bonds. The molecule has 2 aliphatic rings. The number of likely N-dealkylation sites (N-methyl/N-ethyl adjacent to an activating group) is 1. The molecule has 0 radical (unpaired) electrons. The monoisotopic (exact) mass is 715 g/mol. The van der Waals surface area contributed by atoms with Gasteiger partial charge in [-0.2, -0.15) is 5.26 Å². The minimum absolute atomic E-state index is 0.0755. The standard InChI is InChI=1S/C38H40Cl2FN7O2/c1-37(2,3)50-36(49)47-16-14-24(17-23(47)13-15-42)48-21-43-33-34(48)26-18-28(40)30(25-11-7-9-22-10-8-12-27(39)29(22)25)31(41)32(26)44-35(33)46-19-38(4,20-46)45(5)6/h7-12,18,21,23-24H,13-14,16-17,19-20H2,1-6H3/t23-,24?/m1/s1. The van der Waals surface area contributed by atoms with Crippen molar-refractivity contribution in [2.75, 3.05) is 38.6 Å². The Balaban J connectivity index is 1.40. The van der Waals surface area contributed by atoms with E-state index >= 15 is 4.39 Å². The summed E-state index contributed by atoms with van der Waals surface area (Å²) in [5.74, 6) is 0.0716. The molecule has 2 fully saturated rings. The van der Waals surface area contributed by atoms with Crippen molar-refractivity contribution in [1.82, 2.24) is 24.3 Å². The largest absolute Gasteiger partial charge is 0.444 e. The Morgan fingerprint density at radius 2 is 1.86 bits per heavy atom. The van der Waals surface area contributed by atoms with Gasteiger partial charge < -0.3 is 24.0 Å². The normalized spacial score (nSPS) is 19.3. The number of rotatable bonds is 5. The molecule has 0 bridgehead atoms. The van der Waals surface area contributed by atoms with Gasteiger partial charge in [0.25, 0.3) is 0 Å². The second-order valence-electron chi connectivity index (χ2n) is 15.0. The Kier molecular flexibility index (Phi) is 8.61. The van der Waals surface area contributed by atoms with E-state index in [2.05, 4.69) is 41.5 Å². The van der Waals surface area contributed by atoms with Crippen molar-refractivity contribution in [2.45, 2.75) is 70.2 Å². The molecule has 0 aliphatic carbocycles. The van der Waals surface area contributed by atoms with Crippen LogP contribution in [0.25, 0.3) is 43.8 Å². The molecule has 50 heavy (non-hydrogen) atoms. The Labute approximate surface area is 301 Å². The van der Waals surface area contributed by atoms with Gasteiger partial charge in [0.2, 0.25) is 0 Å². The van der Waals surface area contributed by atoms with E-state index in [9.17, 15) is 10.1 Å². The summed E-state index contributed by atoms with van der Waals surface area (Å²) in [6, 6.07) is 14.8. The first kappa shape index (κ1) is 34.3. The molecule has 9 nitrogen and oxygen atoms in total. The number of halogens is 3. The van der Waals surface area contributed by atoms with Gasteiger partial charge in [-0.05, 0) is 77.7 Å². The van der Waals surface area contributed by atoms with E-state index in [1.165, 1.54) is 0 Å². The number of likely N-dealkylation sites (tertiary alicyclic amines) is 1. The lowest BCUT2D eigenvalue weighted by Crippen LogP contribution is -2.67. The van der Waals surface area contributed by atoms with Gasteiger partial charge in [-0.1, -0.05) is 53.5 Å². The van der Waals surface area contributed by atoms with Gasteiger partial charge in [-0.15, -0.1) is 0 Å². The summed E-state index contributed by atoms with van der Waals surface area (Å²) in [5, 5.41) is 12.6. The van der Waals surface area contributed by atoms with Crippen LogP contribution in [0.4, 0.5) is 15.0 Å². The van der Waals surface area contributed by atoms with Crippen molar-refractivity contribution < 1.29 is 13.9 Å². The maximum absolute atomic E-state index is 17.2. The zero-order valence-electron chi connectivity index (χ0n) is 29.1. The average Bonchev–Trinajstić information content (AvgIpc) is 3.48. The van der Waals surface area contributed by atoms with E-state index < -0.39 is 17.5 Å². The first-order valence-corrected chi connectivity index (χ1v) is 17.6. The maximum Gasteiger partial charge on any atom is 0.410 e. The van der Waals surface area contributed by atoms with Gasteiger partial charge in [-0.25, -0.2) is 19.2 Å². The fraction of sp³-hybridized carbons (Fsp3) is 0.421. The van der Waals surface area contributed by atoms with Gasteiger partial charge in [0.05, 0.1) is 34.9 Å². The van der Waals surface area contributed by atoms with Gasteiger partial charge in [0, 0.05) is 53.1 Å². The van der Waals surface area contributed by atoms with Crippen molar-refractivity contribution in [3.05, 3.63) is 64.7 Å². The van der Waals surface area contributed by atoms with Crippen molar-refractivity contribution in [3.8, 4) is 17.2 Å². The fourth-order valence-corrected chi connectivity index (χ4v) is 8.02. The summed E-state index contributed by atoms with van der Waals surface area (Å²) >= 11 is 13.7. The fourth-order valence-electron chi connectivity index (χ4n) is 7.45. The van der Waals surface area contributed by atoms with Gasteiger partial charge >= 0.3 is 6.09 Å². The van der Waals surface area contributed by atoms with E-state index in [1.807, 2.05) is 51.1 Å². The minimum Gasteiger partial charge on any atom is -0.444 e. The third-order valence-electron chi connectivity index (χ3n) is 10.3. The molecule has 2 saturated heterocycles. The molecule has 7 rings (SSSR count). The zero-order chi connectivity index (χ0) is 35.7. The van der Waals surface area contributed by atoms with Gasteiger partial charge in [0.1, 0.15) is 16.6 Å². The number of hydrogen-bond donors (Lipinski definition) is 0. The van der Waals surface area contributed by atoms with Crippen LogP contribution in [0.2, 0.25) is 10.0 Å². The average molecular weight is 717 g/mol. The first-order valence-electron chi connectivity index (χ1n) is 16.9. The van der Waals surface area contributed by atoms with Crippen LogP contribution in [0, 0.1) is 17.1 Å². The Morgan fingerprint density at radius 3 is 2.54 bits per heavy atom. The quantitative estimate of drug-likeness (QED) is 0.180. The van der Waals surface area contributed by atoms with Crippen LogP contribution in [0.5, 0.6) is 0 Å². The van der Waals surface area contributed by atoms with Crippen LogP contribution >= 0.6 is 23.2 Å². The molecular weight excluding hydrogens is 676 g/mol. The smallest absolute Gasteiger partial charge is 0.410 e. The third kappa shape index (κ3) is 5.79. The molecule has 0 spiro atoms. The van der Waals surface area contributed by atoms with E-state index in [-0.39, 0.29) is 40.1 Å². The highest BCUT2D eigenvalue weighted by molar-refractivity contribution is 6.38. The summed E-state index contributed by atoms with van der Waals surface area (Å²) in [7, 11) is 4.11. The van der Waals surface area contributed by atoms with Crippen LogP contribution in [-0.2, 0) is 4.74 Å². The molecule has 2 atom stereocenters. The van der Waals surface area contributed by atoms with E-state index in [0.717, 1.165) is 10.9 Å². The SMILES string of the molecule is CN(C)C1(C)CN(c2nc3c(F)c(-c4cccc5cccc(Cl)c45)c(Cl)cc3c3c2ncn3C2CCN(C(=O)OC(C)(C)C)[C@H](CC#N)C2)C1. The van der Waals surface area contributed by atoms with Crippen molar-refractivity contribution in [2.24, 2.45) is 0 Å². The second kappa shape index (κ2) is 12.6. The van der Waals surface area contributed by atoms with Gasteiger partial charge in [-0.3, -0.25) is 0 Å². The predicted octanol–water partition coefficient (Wildman–Crippen LogP) is 8.85. The van der Waals surface area contributed by atoms with E-state index in [4.69, 9.17) is 37.9 Å². The molecule has 2 aliphatic heterocycles. The van der Waals surface area contributed by atoms with Crippen molar-refractivity contribution in [1.29, 1.82) is 5.26 Å². The highest BCUT2D eigenvalue weighted by Gasteiger charge is 2.43. The summed E-state index contributed by atoms with van der Waals surface area (Å²) in [5.41, 5.74) is 1.66. The maximum atomic E-state index is 17.2. The molecule has 5 aromatic rings. The molecule has 0 saturated carbocycles. The van der Waals surface area contributed by atoms with Gasteiger partial charge in [0.15, 0.2) is 11.6 Å². The molecular formula is C38H40Cl2FN7O2. The number of aromatic nitrogens is 3. The number of fused-ring (bicyclic) bond motifs is 4. The summed E-state index contributed by atoms with van der Waals surface area (Å²) in [6.07, 6.45) is 2.60. The topological polar surface area (TPSA) is 90.5 Å². The highest BCUT2D eigenvalue weighted by atomic mass is 35.5. The number of nitriles is 1. The Bertz CT molecular complexity index is 2190. The molecule has 12 heteroatoms. The zero-order valence-corrected chi connectivity index (χ0v) is 30.6. The number of pyridine rings is 1. The first-order chi connectivity index (χ1) is 23.7. The molecule has 1 unspecified atom stereocenters. The van der Waals surface area contributed by atoms with E-state index in [1.54, 1.807) is 23.4 Å². The summed E-state index contributed by atoms with van der Waals surface area (Å²) in [6.45, 7) is 9.46. The highest BCUT2D eigenvalue weighted by Crippen LogP contribution is 2.45. The number of nitrogens with zero attached hydrogens (tertiary/aromatic N) is 7. The van der Waals surface area contributed by atoms with E-state index in [0.29, 0.717) is 65.2 Å². The minimum atomic E-state index is -0.660. The number of amides is 1. The van der Waals surface area contributed by atoms with Crippen molar-refractivity contribution in [3.63, 3.8) is 0 Å². The van der Waals surface area contributed by atoms with Crippen LogP contribution in [0.15, 0.2) is 48.8 Å². The number of anilines is 1. The second-order valence-corrected chi connectivity index (χ2v) is 15.8. The lowest BCUT2D eigenvalue weighted by atomic mass is 9.90. The molecule has 3 aromatic carbocycles. The molecule has 0 N–H and O–H groups in total. The number of ether oxygens (including phenoxy) is 1. The number of piperidine rings is 1. The number of imidazole rings is 1. The number of carbonyl (C=O) groups excluding carboxylic acids is 1. The number of carbonyl (C=O) groups is 1. The number of benzene rings is 3. The molecule has 4 heterocycles. The van der Waals surface area contributed by atoms with Crippen molar-refractivity contribution >= 4 is 67.8 Å². The van der Waals surface area contributed by atoms with Crippen LogP contribution < -0.4 is 4.90 Å². The molecule has 260 valence electrons. The lowest BCUT2D eigenvalue weighted by Gasteiger charge is -2.52. The van der Waals surface area contributed by atoms with Crippen LogP contribution in [-0.4, -0.2) is 81.3 Å². The third-order valence-corrected chi connectivity index (χ3v) is 10.9. The lowest BCUT2D eigenvalue weighted by molar-refractivity contribution is 0.00618. The predicted molar refractivity (Wildman–Crippen MR) is 197 cm³/mol. The number of hydrogen-bond acceptors (Lipinski definition) is 7. The Hall–Kier alpha value is -4.17. The van der Waals surface area contributed by atoms with Crippen LogP contribution in [0.3, 0.4) is 0 Å². The molecule has 2 aromatic heterocycles.